The molecule has 122 valence electrons. The number of anilines is 1. The zero-order valence-corrected chi connectivity index (χ0v) is 14.1. The maximum Gasteiger partial charge on any atom is 0.240 e. The first-order valence-corrected chi connectivity index (χ1v) is 8.85. The fourth-order valence-electron chi connectivity index (χ4n) is 1.88. The quantitative estimate of drug-likeness (QED) is 0.839. The van der Waals surface area contributed by atoms with Crippen LogP contribution >= 0.6 is 11.6 Å². The van der Waals surface area contributed by atoms with Gasteiger partial charge in [-0.2, -0.15) is 0 Å². The van der Waals surface area contributed by atoms with E-state index in [4.69, 9.17) is 11.6 Å². The van der Waals surface area contributed by atoms with Crippen LogP contribution in [0.5, 0.6) is 0 Å². The molecule has 0 aliphatic rings. The normalized spacial score (nSPS) is 11.2. The highest BCUT2D eigenvalue weighted by atomic mass is 35.5. The van der Waals surface area contributed by atoms with Gasteiger partial charge >= 0.3 is 0 Å². The summed E-state index contributed by atoms with van der Waals surface area (Å²) in [7, 11) is -3.59. The van der Waals surface area contributed by atoms with Gasteiger partial charge in [-0.25, -0.2) is 13.1 Å². The zero-order chi connectivity index (χ0) is 16.9. The minimum atomic E-state index is -3.59. The number of amides is 1. The number of benzene rings is 2. The lowest BCUT2D eigenvalue weighted by molar-refractivity contribution is -0.116. The number of carbonyl (C=O) groups is 1. The van der Waals surface area contributed by atoms with Crippen LogP contribution in [0.15, 0.2) is 53.4 Å². The van der Waals surface area contributed by atoms with E-state index in [2.05, 4.69) is 10.0 Å². The molecule has 0 fully saturated rings. The van der Waals surface area contributed by atoms with Crippen molar-refractivity contribution in [1.29, 1.82) is 0 Å². The maximum absolute atomic E-state index is 12.0. The first-order valence-electron chi connectivity index (χ1n) is 6.99. The SMILES string of the molecule is Cc1ccc(NC(=O)CCNS(=O)(=O)c2ccccc2)cc1Cl. The predicted molar refractivity (Wildman–Crippen MR) is 91.1 cm³/mol. The summed E-state index contributed by atoms with van der Waals surface area (Å²) in [6, 6.07) is 13.2. The number of carbonyl (C=O) groups excluding carboxylic acids is 1. The molecule has 0 saturated carbocycles. The molecular formula is C16H17ClN2O3S. The summed E-state index contributed by atoms with van der Waals surface area (Å²) in [5.74, 6) is -0.291. The average molecular weight is 353 g/mol. The molecule has 2 rings (SSSR count). The van der Waals surface area contributed by atoms with Crippen molar-refractivity contribution in [3.8, 4) is 0 Å². The minimum Gasteiger partial charge on any atom is -0.326 e. The number of aryl methyl sites for hydroxylation is 1. The molecule has 0 aromatic heterocycles. The van der Waals surface area contributed by atoms with E-state index in [1.54, 1.807) is 36.4 Å². The smallest absolute Gasteiger partial charge is 0.240 e. The van der Waals surface area contributed by atoms with Gasteiger partial charge in [0.2, 0.25) is 15.9 Å². The summed E-state index contributed by atoms with van der Waals surface area (Å²) in [6.07, 6.45) is 0.0254. The first-order chi connectivity index (χ1) is 10.9. The molecule has 2 N–H and O–H groups in total. The van der Waals surface area contributed by atoms with Crippen LogP contribution in [0.4, 0.5) is 5.69 Å². The molecule has 5 nitrogen and oxygen atoms in total. The highest BCUT2D eigenvalue weighted by Crippen LogP contribution is 2.20. The lowest BCUT2D eigenvalue weighted by Gasteiger charge is -2.08. The summed E-state index contributed by atoms with van der Waals surface area (Å²) >= 11 is 5.99. The van der Waals surface area contributed by atoms with Crippen LogP contribution in [-0.4, -0.2) is 20.9 Å². The maximum atomic E-state index is 12.0. The van der Waals surface area contributed by atoms with Crippen molar-refractivity contribution in [2.45, 2.75) is 18.2 Å². The Morgan fingerprint density at radius 1 is 1.13 bits per heavy atom. The molecule has 0 aliphatic carbocycles. The summed E-state index contributed by atoms with van der Waals surface area (Å²) in [5, 5.41) is 3.24. The third-order valence-electron chi connectivity index (χ3n) is 3.15. The van der Waals surface area contributed by atoms with Crippen LogP contribution in [-0.2, 0) is 14.8 Å². The van der Waals surface area contributed by atoms with E-state index in [0.29, 0.717) is 10.7 Å². The molecule has 23 heavy (non-hydrogen) atoms. The van der Waals surface area contributed by atoms with Crippen LogP contribution in [0.3, 0.4) is 0 Å². The summed E-state index contributed by atoms with van der Waals surface area (Å²) in [5.41, 5.74) is 1.50. The standard InChI is InChI=1S/C16H17ClN2O3S/c1-12-7-8-13(11-15(12)17)19-16(20)9-10-18-23(21,22)14-5-3-2-4-6-14/h2-8,11,18H,9-10H2,1H3,(H,19,20). The highest BCUT2D eigenvalue weighted by molar-refractivity contribution is 7.89. The van der Waals surface area contributed by atoms with Gasteiger partial charge in [0.15, 0.2) is 0 Å². The average Bonchev–Trinajstić information content (AvgIpc) is 2.52. The number of hydrogen-bond donors (Lipinski definition) is 2. The van der Waals surface area contributed by atoms with E-state index in [0.717, 1.165) is 5.56 Å². The van der Waals surface area contributed by atoms with Crippen molar-refractivity contribution in [2.75, 3.05) is 11.9 Å². The number of nitrogens with one attached hydrogen (secondary N) is 2. The van der Waals surface area contributed by atoms with Gasteiger partial charge in [-0.1, -0.05) is 35.9 Å². The van der Waals surface area contributed by atoms with Crippen LogP contribution in [0, 0.1) is 6.92 Å². The fourth-order valence-corrected chi connectivity index (χ4v) is 3.11. The van der Waals surface area contributed by atoms with Gasteiger partial charge in [0.25, 0.3) is 0 Å². The monoisotopic (exact) mass is 352 g/mol. The Bertz CT molecular complexity index is 792. The van der Waals surface area contributed by atoms with Gasteiger partial charge in [-0.3, -0.25) is 4.79 Å². The molecular weight excluding hydrogens is 336 g/mol. The molecule has 2 aromatic carbocycles. The number of halogens is 1. The van der Waals surface area contributed by atoms with Crippen molar-refractivity contribution < 1.29 is 13.2 Å². The van der Waals surface area contributed by atoms with E-state index in [1.165, 1.54) is 12.1 Å². The second-order valence-electron chi connectivity index (χ2n) is 4.97. The topological polar surface area (TPSA) is 75.3 Å². The summed E-state index contributed by atoms with van der Waals surface area (Å²) in [6.45, 7) is 1.88. The Morgan fingerprint density at radius 2 is 1.83 bits per heavy atom. The van der Waals surface area contributed by atoms with E-state index in [9.17, 15) is 13.2 Å². The molecule has 1 amide bonds. The fraction of sp³-hybridized carbons (Fsp3) is 0.188. The number of hydrogen-bond acceptors (Lipinski definition) is 3. The second kappa shape index (κ2) is 7.59. The Labute approximate surface area is 140 Å². The number of rotatable bonds is 6. The third kappa shape index (κ3) is 5.06. The van der Waals surface area contributed by atoms with Crippen molar-refractivity contribution in [2.24, 2.45) is 0 Å². The van der Waals surface area contributed by atoms with Crippen molar-refractivity contribution in [1.82, 2.24) is 4.72 Å². The molecule has 7 heteroatoms. The number of sulfonamides is 1. The Hall–Kier alpha value is -1.89. The van der Waals surface area contributed by atoms with Gasteiger partial charge in [0.1, 0.15) is 0 Å². The van der Waals surface area contributed by atoms with Gasteiger partial charge < -0.3 is 5.32 Å². The van der Waals surface area contributed by atoms with E-state index < -0.39 is 10.0 Å². The largest absolute Gasteiger partial charge is 0.326 e. The lowest BCUT2D eigenvalue weighted by Crippen LogP contribution is -2.27. The lowest BCUT2D eigenvalue weighted by atomic mass is 10.2. The first kappa shape index (κ1) is 17.5. The van der Waals surface area contributed by atoms with E-state index in [-0.39, 0.29) is 23.8 Å². The van der Waals surface area contributed by atoms with Gasteiger partial charge in [0.05, 0.1) is 4.90 Å². The molecule has 0 spiro atoms. The summed E-state index contributed by atoms with van der Waals surface area (Å²) < 4.78 is 26.4. The van der Waals surface area contributed by atoms with Gasteiger partial charge in [-0.05, 0) is 36.8 Å². The van der Waals surface area contributed by atoms with Crippen LogP contribution in [0.2, 0.25) is 5.02 Å². The molecule has 0 bridgehead atoms. The van der Waals surface area contributed by atoms with Crippen molar-refractivity contribution in [3.63, 3.8) is 0 Å². The van der Waals surface area contributed by atoms with Crippen molar-refractivity contribution >= 4 is 33.2 Å². The van der Waals surface area contributed by atoms with E-state index >= 15 is 0 Å². The molecule has 0 atom stereocenters. The van der Waals surface area contributed by atoms with Gasteiger partial charge in [0, 0.05) is 23.7 Å². The summed E-state index contributed by atoms with van der Waals surface area (Å²) in [4.78, 5) is 12.0. The highest BCUT2D eigenvalue weighted by Gasteiger charge is 2.13. The minimum absolute atomic E-state index is 0.0165. The van der Waals surface area contributed by atoms with Crippen LogP contribution < -0.4 is 10.0 Å². The molecule has 2 aromatic rings. The Kier molecular flexibility index (Phi) is 5.76. The zero-order valence-electron chi connectivity index (χ0n) is 12.5. The molecule has 0 unspecified atom stereocenters. The molecule has 0 heterocycles. The van der Waals surface area contributed by atoms with Crippen LogP contribution in [0.25, 0.3) is 0 Å². The third-order valence-corrected chi connectivity index (χ3v) is 5.04. The van der Waals surface area contributed by atoms with Crippen LogP contribution in [0.1, 0.15) is 12.0 Å². The Morgan fingerprint density at radius 3 is 2.48 bits per heavy atom. The predicted octanol–water partition coefficient (Wildman–Crippen LogP) is 2.96. The Balaban J connectivity index is 1.86. The van der Waals surface area contributed by atoms with E-state index in [1.807, 2.05) is 6.92 Å². The van der Waals surface area contributed by atoms with Crippen molar-refractivity contribution in [3.05, 3.63) is 59.1 Å². The second-order valence-corrected chi connectivity index (χ2v) is 7.15. The molecule has 0 saturated heterocycles. The molecule has 0 aliphatic heterocycles. The van der Waals surface area contributed by atoms with Gasteiger partial charge in [-0.15, -0.1) is 0 Å². The molecule has 0 radical (unpaired) electrons.